The van der Waals surface area contributed by atoms with Crippen molar-refractivity contribution in [1.82, 2.24) is 0 Å². The summed E-state index contributed by atoms with van der Waals surface area (Å²) in [6.45, 7) is 3.84. The maximum Gasteiger partial charge on any atom is 0.206 e. The third-order valence-electron chi connectivity index (χ3n) is 1.93. The van der Waals surface area contributed by atoms with Gasteiger partial charge in [-0.1, -0.05) is 0 Å². The summed E-state index contributed by atoms with van der Waals surface area (Å²) < 4.78 is 0. The van der Waals surface area contributed by atoms with Gasteiger partial charge in [0.25, 0.3) is 0 Å². The van der Waals surface area contributed by atoms with Crippen molar-refractivity contribution in [2.75, 3.05) is 0 Å². The first kappa shape index (κ1) is 9.88. The molecule has 0 unspecified atom stereocenters. The van der Waals surface area contributed by atoms with Crippen LogP contribution in [0.1, 0.15) is 13.8 Å². The molecule has 0 aromatic rings. The smallest absolute Gasteiger partial charge is 0.171 e. The Balaban J connectivity index is 3.23. The summed E-state index contributed by atoms with van der Waals surface area (Å²) >= 11 is 0. The largest absolute Gasteiger partial charge is 0.206 e. The predicted molar refractivity (Wildman–Crippen MR) is 53.6 cm³/mol. The molecule has 0 atom stereocenters. The third-order valence-corrected chi connectivity index (χ3v) is 1.93. The van der Waals surface area contributed by atoms with Crippen LogP contribution >= 0.6 is 0 Å². The summed E-state index contributed by atoms with van der Waals surface area (Å²) in [5.41, 5.74) is 2.93. The van der Waals surface area contributed by atoms with Crippen molar-refractivity contribution in [3.05, 3.63) is 23.3 Å². The molecule has 14 heavy (non-hydrogen) atoms. The van der Waals surface area contributed by atoms with E-state index >= 15 is 0 Å². The molecule has 0 bridgehead atoms. The van der Waals surface area contributed by atoms with Gasteiger partial charge in [0.15, 0.2) is 0 Å². The minimum atomic E-state index is 0.442. The van der Waals surface area contributed by atoms with Gasteiger partial charge >= 0.3 is 0 Å². The molecule has 0 aliphatic heterocycles. The predicted octanol–water partition coefficient (Wildman–Crippen LogP) is 1.74. The molecule has 0 fully saturated rings. The summed E-state index contributed by atoms with van der Waals surface area (Å²) in [6.07, 6.45) is 6.86. The van der Waals surface area contributed by atoms with Crippen LogP contribution in [0, 0.1) is 22.9 Å². The average Bonchev–Trinajstić information content (AvgIpc) is 2.14. The first-order valence-electron chi connectivity index (χ1n) is 4.00. The second kappa shape index (κ2) is 4.15. The highest BCUT2D eigenvalue weighted by Crippen LogP contribution is 2.14. The minimum absolute atomic E-state index is 0.442. The Bertz CT molecular complexity index is 405. The van der Waals surface area contributed by atoms with Gasteiger partial charge in [-0.25, -0.2) is 0 Å². The average molecular weight is 184 g/mol. The van der Waals surface area contributed by atoms with E-state index in [-0.39, 0.29) is 0 Å². The quantitative estimate of drug-likeness (QED) is 0.425. The fraction of sp³-hybridized carbons (Fsp3) is 0.200. The lowest BCUT2D eigenvalue weighted by Crippen LogP contribution is -2.14. The second-order valence-corrected chi connectivity index (χ2v) is 2.85. The Morgan fingerprint density at radius 2 is 1.29 bits per heavy atom. The number of nitrogens with zero attached hydrogens (tertiary/aromatic N) is 4. The summed E-state index contributed by atoms with van der Waals surface area (Å²) in [5.74, 6) is 0. The Hall–Kier alpha value is -2.20. The van der Waals surface area contributed by atoms with E-state index < -0.39 is 0 Å². The van der Waals surface area contributed by atoms with E-state index in [0.29, 0.717) is 11.4 Å². The maximum atomic E-state index is 8.43. The van der Waals surface area contributed by atoms with E-state index in [4.69, 9.17) is 10.5 Å². The van der Waals surface area contributed by atoms with Crippen molar-refractivity contribution >= 4 is 11.4 Å². The van der Waals surface area contributed by atoms with Crippen molar-refractivity contribution in [3.63, 3.8) is 0 Å². The van der Waals surface area contributed by atoms with Crippen LogP contribution in [0.5, 0.6) is 0 Å². The van der Waals surface area contributed by atoms with Crippen LogP contribution < -0.4 is 0 Å². The molecule has 0 heterocycles. The van der Waals surface area contributed by atoms with Gasteiger partial charge in [-0.15, -0.1) is 0 Å². The number of aliphatic imine (C=N–C) groups is 2. The van der Waals surface area contributed by atoms with Crippen LogP contribution in [0.15, 0.2) is 33.3 Å². The van der Waals surface area contributed by atoms with E-state index in [0.717, 1.165) is 11.1 Å². The van der Waals surface area contributed by atoms with Crippen LogP contribution in [0.25, 0.3) is 0 Å². The van der Waals surface area contributed by atoms with Crippen LogP contribution in [-0.2, 0) is 0 Å². The molecule has 68 valence electrons. The highest BCUT2D eigenvalue weighted by atomic mass is 14.8. The Labute approximate surface area is 82.2 Å². The van der Waals surface area contributed by atoms with Gasteiger partial charge in [0.05, 0.1) is 0 Å². The van der Waals surface area contributed by atoms with Crippen LogP contribution in [0.4, 0.5) is 0 Å². The lowest BCUT2D eigenvalue weighted by Gasteiger charge is -2.09. The summed E-state index contributed by atoms with van der Waals surface area (Å²) in [4.78, 5) is 7.18. The van der Waals surface area contributed by atoms with E-state index in [2.05, 4.69) is 9.98 Å². The van der Waals surface area contributed by atoms with Gasteiger partial charge < -0.3 is 0 Å². The van der Waals surface area contributed by atoms with Crippen molar-refractivity contribution in [2.24, 2.45) is 9.98 Å². The molecule has 0 radical (unpaired) electrons. The van der Waals surface area contributed by atoms with Gasteiger partial charge in [0.1, 0.15) is 11.4 Å². The molecule has 0 aromatic carbocycles. The molecule has 1 aliphatic carbocycles. The van der Waals surface area contributed by atoms with E-state index in [1.54, 1.807) is 24.5 Å². The normalized spacial score (nSPS) is 21.1. The molecule has 0 saturated heterocycles. The van der Waals surface area contributed by atoms with Crippen molar-refractivity contribution in [3.8, 4) is 12.4 Å². The third kappa shape index (κ3) is 1.94. The van der Waals surface area contributed by atoms with Crippen LogP contribution in [0.2, 0.25) is 0 Å². The van der Waals surface area contributed by atoms with Crippen molar-refractivity contribution in [2.45, 2.75) is 13.8 Å². The zero-order chi connectivity index (χ0) is 10.6. The molecule has 0 spiro atoms. The fourth-order valence-corrected chi connectivity index (χ4v) is 1.07. The topological polar surface area (TPSA) is 72.3 Å². The lowest BCUT2D eigenvalue weighted by molar-refractivity contribution is 1.34. The Morgan fingerprint density at radius 3 is 1.57 bits per heavy atom. The number of hydrogen-bond donors (Lipinski definition) is 0. The number of rotatable bonds is 0. The fourth-order valence-electron chi connectivity index (χ4n) is 1.07. The summed E-state index contributed by atoms with van der Waals surface area (Å²) in [6, 6.07) is 0. The Morgan fingerprint density at radius 1 is 0.929 bits per heavy atom. The van der Waals surface area contributed by atoms with E-state index in [1.807, 2.05) is 13.8 Å². The molecule has 1 rings (SSSR count). The lowest BCUT2D eigenvalue weighted by atomic mass is 9.98. The van der Waals surface area contributed by atoms with Crippen molar-refractivity contribution < 1.29 is 0 Å². The number of nitriles is 2. The minimum Gasteiger partial charge on any atom is -0.171 e. The molecule has 1 aliphatic rings. The zero-order valence-corrected chi connectivity index (χ0v) is 7.94. The molecule has 4 heteroatoms. The maximum absolute atomic E-state index is 8.43. The number of hydrogen-bond acceptors (Lipinski definition) is 4. The van der Waals surface area contributed by atoms with Gasteiger partial charge in [-0.05, 0) is 37.1 Å². The zero-order valence-electron chi connectivity index (χ0n) is 7.94. The van der Waals surface area contributed by atoms with E-state index in [9.17, 15) is 0 Å². The molecule has 0 amide bonds. The molecule has 4 nitrogen and oxygen atoms in total. The number of allylic oxidation sites excluding steroid dienone is 4. The summed E-state index contributed by atoms with van der Waals surface area (Å²) in [5, 5.41) is 16.9. The van der Waals surface area contributed by atoms with E-state index in [1.165, 1.54) is 0 Å². The van der Waals surface area contributed by atoms with Crippen molar-refractivity contribution in [1.29, 1.82) is 10.5 Å². The SMILES string of the molecule is CC1=CC(=NC#N)C(=NC#N)C=C1C. The molecule has 0 N–H and O–H groups in total. The van der Waals surface area contributed by atoms with Crippen LogP contribution in [-0.4, -0.2) is 11.4 Å². The monoisotopic (exact) mass is 184 g/mol. The molecular weight excluding hydrogens is 176 g/mol. The summed E-state index contributed by atoms with van der Waals surface area (Å²) in [7, 11) is 0. The van der Waals surface area contributed by atoms with Gasteiger partial charge in [-0.3, -0.25) is 0 Å². The first-order valence-corrected chi connectivity index (χ1v) is 4.00. The molecule has 0 aromatic heterocycles. The Kier molecular flexibility index (Phi) is 2.93. The van der Waals surface area contributed by atoms with Gasteiger partial charge in [0, 0.05) is 0 Å². The second-order valence-electron chi connectivity index (χ2n) is 2.85. The standard InChI is InChI=1S/C10H8N4/c1-7-3-9(13-5-11)10(14-6-12)4-8(7)2/h3-4H,1-2H3. The van der Waals surface area contributed by atoms with Crippen LogP contribution in [0.3, 0.4) is 0 Å². The van der Waals surface area contributed by atoms with Gasteiger partial charge in [-0.2, -0.15) is 20.5 Å². The molecule has 0 saturated carbocycles. The first-order chi connectivity index (χ1) is 6.69. The molecular formula is C10H8N4. The highest BCUT2D eigenvalue weighted by molar-refractivity contribution is 6.51. The van der Waals surface area contributed by atoms with Gasteiger partial charge in [0.2, 0.25) is 12.4 Å². The highest BCUT2D eigenvalue weighted by Gasteiger charge is 2.11.